The monoisotopic (exact) mass is 304 g/mol. The van der Waals surface area contributed by atoms with Crippen LogP contribution in [0.15, 0.2) is 54.6 Å². The number of nitrogens with one attached hydrogen (secondary N) is 1. The molecule has 4 heteroatoms. The van der Waals surface area contributed by atoms with E-state index >= 15 is 0 Å². The number of amides is 2. The van der Waals surface area contributed by atoms with Gasteiger partial charge in [-0.3, -0.25) is 9.59 Å². The van der Waals surface area contributed by atoms with E-state index in [-0.39, 0.29) is 24.2 Å². The largest absolute Gasteiger partial charge is 0.326 e. The molecule has 4 nitrogen and oxygen atoms in total. The summed E-state index contributed by atoms with van der Waals surface area (Å²) in [6.45, 7) is 0.392. The molecule has 3 rings (SSSR count). The highest BCUT2D eigenvalue weighted by molar-refractivity contribution is 6.03. The summed E-state index contributed by atoms with van der Waals surface area (Å²) in [6.07, 6.45) is 5.58. The number of carbonyl (C=O) groups is 2. The number of terminal acetylenes is 1. The van der Waals surface area contributed by atoms with E-state index in [1.165, 1.54) is 0 Å². The maximum atomic E-state index is 12.4. The lowest BCUT2D eigenvalue weighted by atomic mass is 10.1. The van der Waals surface area contributed by atoms with Gasteiger partial charge in [-0.2, -0.15) is 0 Å². The Morgan fingerprint density at radius 1 is 1.17 bits per heavy atom. The minimum atomic E-state index is -0.364. The van der Waals surface area contributed by atoms with E-state index in [2.05, 4.69) is 11.2 Å². The molecule has 1 aliphatic heterocycles. The van der Waals surface area contributed by atoms with Crippen LogP contribution in [0.2, 0.25) is 0 Å². The van der Waals surface area contributed by atoms with Crippen LogP contribution in [0.3, 0.4) is 0 Å². The quantitative estimate of drug-likeness (QED) is 0.886. The van der Waals surface area contributed by atoms with E-state index in [0.29, 0.717) is 17.8 Å². The van der Waals surface area contributed by atoms with Gasteiger partial charge in [-0.25, -0.2) is 0 Å². The second kappa shape index (κ2) is 6.37. The van der Waals surface area contributed by atoms with Crippen molar-refractivity contribution >= 4 is 23.2 Å². The molecule has 0 aromatic heterocycles. The summed E-state index contributed by atoms with van der Waals surface area (Å²) in [5.41, 5.74) is 2.18. The van der Waals surface area contributed by atoms with Gasteiger partial charge in [0.15, 0.2) is 0 Å². The molecule has 0 radical (unpaired) electrons. The van der Waals surface area contributed by atoms with Gasteiger partial charge in [0.25, 0.3) is 0 Å². The van der Waals surface area contributed by atoms with Gasteiger partial charge >= 0.3 is 0 Å². The molecule has 2 aromatic rings. The van der Waals surface area contributed by atoms with Crippen molar-refractivity contribution < 1.29 is 9.59 Å². The molecule has 1 heterocycles. The van der Waals surface area contributed by atoms with Gasteiger partial charge in [0, 0.05) is 29.9 Å². The van der Waals surface area contributed by atoms with Crippen LogP contribution in [0.4, 0.5) is 11.4 Å². The van der Waals surface area contributed by atoms with E-state index in [0.717, 1.165) is 5.69 Å². The first-order valence-electron chi connectivity index (χ1n) is 7.40. The second-order valence-corrected chi connectivity index (χ2v) is 5.46. The number of carbonyl (C=O) groups excluding carboxylic acids is 2. The standard InChI is InChI=1S/C19H16N2O2/c1-2-14-7-6-8-16(11-14)20-19(23)15-12-18(22)21(13-15)17-9-4-3-5-10-17/h1,3-11,15H,12-13H2,(H,20,23). The Bertz CT molecular complexity index is 777. The zero-order valence-corrected chi connectivity index (χ0v) is 12.5. The first kappa shape index (κ1) is 14.9. The Labute approximate surface area is 135 Å². The number of hydrogen-bond donors (Lipinski definition) is 1. The molecule has 1 unspecified atom stereocenters. The van der Waals surface area contributed by atoms with Crippen molar-refractivity contribution in [3.05, 3.63) is 60.2 Å². The Kier molecular flexibility index (Phi) is 4.11. The van der Waals surface area contributed by atoms with Crippen molar-refractivity contribution in [3.8, 4) is 12.3 Å². The van der Waals surface area contributed by atoms with Crippen LogP contribution >= 0.6 is 0 Å². The molecule has 23 heavy (non-hydrogen) atoms. The molecule has 1 fully saturated rings. The van der Waals surface area contributed by atoms with Crippen LogP contribution in [0.25, 0.3) is 0 Å². The average molecular weight is 304 g/mol. The highest BCUT2D eigenvalue weighted by atomic mass is 16.2. The zero-order chi connectivity index (χ0) is 16.2. The van der Waals surface area contributed by atoms with E-state index in [1.54, 1.807) is 29.2 Å². The average Bonchev–Trinajstić information content (AvgIpc) is 2.98. The fraction of sp³-hybridized carbons (Fsp3) is 0.158. The Morgan fingerprint density at radius 3 is 2.70 bits per heavy atom. The fourth-order valence-electron chi connectivity index (χ4n) is 2.67. The summed E-state index contributed by atoms with van der Waals surface area (Å²) in [6, 6.07) is 16.5. The van der Waals surface area contributed by atoms with Crippen molar-refractivity contribution in [2.75, 3.05) is 16.8 Å². The summed E-state index contributed by atoms with van der Waals surface area (Å²) >= 11 is 0. The highest BCUT2D eigenvalue weighted by Gasteiger charge is 2.35. The number of benzene rings is 2. The number of para-hydroxylation sites is 1. The number of nitrogens with zero attached hydrogens (tertiary/aromatic N) is 1. The van der Waals surface area contributed by atoms with Gasteiger partial charge in [-0.05, 0) is 30.3 Å². The van der Waals surface area contributed by atoms with E-state index < -0.39 is 0 Å². The molecule has 1 saturated heterocycles. The van der Waals surface area contributed by atoms with E-state index in [9.17, 15) is 9.59 Å². The van der Waals surface area contributed by atoms with Crippen molar-refractivity contribution in [2.45, 2.75) is 6.42 Å². The van der Waals surface area contributed by atoms with Gasteiger partial charge in [-0.1, -0.05) is 30.2 Å². The van der Waals surface area contributed by atoms with Crippen molar-refractivity contribution in [3.63, 3.8) is 0 Å². The van der Waals surface area contributed by atoms with Gasteiger partial charge in [0.05, 0.1) is 5.92 Å². The summed E-state index contributed by atoms with van der Waals surface area (Å²) in [5.74, 6) is 1.97. The van der Waals surface area contributed by atoms with E-state index in [1.807, 2.05) is 30.3 Å². The molecule has 114 valence electrons. The van der Waals surface area contributed by atoms with Gasteiger partial charge < -0.3 is 10.2 Å². The lowest BCUT2D eigenvalue weighted by Crippen LogP contribution is -2.28. The third kappa shape index (κ3) is 3.24. The molecular weight excluding hydrogens is 288 g/mol. The molecule has 0 bridgehead atoms. The molecule has 1 atom stereocenters. The Hall–Kier alpha value is -3.06. The van der Waals surface area contributed by atoms with Gasteiger partial charge in [0.1, 0.15) is 0 Å². The number of hydrogen-bond acceptors (Lipinski definition) is 2. The molecule has 2 amide bonds. The topological polar surface area (TPSA) is 49.4 Å². The molecular formula is C19H16N2O2. The molecule has 0 saturated carbocycles. The summed E-state index contributed by atoms with van der Waals surface area (Å²) in [4.78, 5) is 26.2. The molecule has 1 aliphatic rings. The smallest absolute Gasteiger partial charge is 0.229 e. The van der Waals surface area contributed by atoms with Crippen LogP contribution in [-0.2, 0) is 9.59 Å². The molecule has 0 spiro atoms. The van der Waals surface area contributed by atoms with E-state index in [4.69, 9.17) is 6.42 Å². The first-order valence-corrected chi connectivity index (χ1v) is 7.40. The van der Waals surface area contributed by atoms with Crippen LogP contribution in [0.1, 0.15) is 12.0 Å². The second-order valence-electron chi connectivity index (χ2n) is 5.46. The minimum absolute atomic E-state index is 0.0336. The number of anilines is 2. The maximum Gasteiger partial charge on any atom is 0.229 e. The van der Waals surface area contributed by atoms with Crippen LogP contribution < -0.4 is 10.2 Å². The van der Waals surface area contributed by atoms with Crippen molar-refractivity contribution in [1.82, 2.24) is 0 Å². The van der Waals surface area contributed by atoms with Gasteiger partial charge in [-0.15, -0.1) is 6.42 Å². The van der Waals surface area contributed by atoms with Crippen molar-refractivity contribution in [2.24, 2.45) is 5.92 Å². The molecule has 2 aromatic carbocycles. The Morgan fingerprint density at radius 2 is 1.96 bits per heavy atom. The van der Waals surface area contributed by atoms with Crippen molar-refractivity contribution in [1.29, 1.82) is 0 Å². The van der Waals surface area contributed by atoms with Crippen LogP contribution in [0, 0.1) is 18.3 Å². The third-order valence-corrected chi connectivity index (χ3v) is 3.86. The predicted octanol–water partition coefficient (Wildman–Crippen LogP) is 2.66. The normalized spacial score (nSPS) is 16.9. The predicted molar refractivity (Wildman–Crippen MR) is 89.9 cm³/mol. The summed E-state index contributed by atoms with van der Waals surface area (Å²) < 4.78 is 0. The zero-order valence-electron chi connectivity index (χ0n) is 12.5. The molecule has 1 N–H and O–H groups in total. The fourth-order valence-corrected chi connectivity index (χ4v) is 2.67. The summed E-state index contributed by atoms with van der Waals surface area (Å²) in [5, 5.41) is 2.84. The van der Waals surface area contributed by atoms with Crippen LogP contribution in [-0.4, -0.2) is 18.4 Å². The SMILES string of the molecule is C#Cc1cccc(NC(=O)C2CC(=O)N(c3ccccc3)C2)c1. The summed E-state index contributed by atoms with van der Waals surface area (Å²) in [7, 11) is 0. The van der Waals surface area contributed by atoms with Gasteiger partial charge in [0.2, 0.25) is 11.8 Å². The maximum absolute atomic E-state index is 12.4. The third-order valence-electron chi connectivity index (χ3n) is 3.86. The first-order chi connectivity index (χ1) is 11.2. The lowest BCUT2D eigenvalue weighted by Gasteiger charge is -2.16. The highest BCUT2D eigenvalue weighted by Crippen LogP contribution is 2.25. The molecule has 0 aliphatic carbocycles. The lowest BCUT2D eigenvalue weighted by molar-refractivity contribution is -0.122. The number of rotatable bonds is 3. The minimum Gasteiger partial charge on any atom is -0.326 e. The Balaban J connectivity index is 1.69. The van der Waals surface area contributed by atoms with Crippen LogP contribution in [0.5, 0.6) is 0 Å².